The number of amides is 1. The predicted octanol–water partition coefficient (Wildman–Crippen LogP) is 3.86. The van der Waals surface area contributed by atoms with E-state index in [1.165, 1.54) is 23.2 Å². The molecule has 0 N–H and O–H groups in total. The third-order valence-electron chi connectivity index (χ3n) is 3.88. The second kappa shape index (κ2) is 8.05. The van der Waals surface area contributed by atoms with Crippen LogP contribution in [0.5, 0.6) is 11.6 Å². The number of hydrogen-bond acceptors (Lipinski definition) is 6. The minimum atomic E-state index is -0.883. The predicted molar refractivity (Wildman–Crippen MR) is 95.0 cm³/mol. The number of morpholine rings is 1. The van der Waals surface area contributed by atoms with E-state index >= 15 is 0 Å². The minimum Gasteiger partial charge on any atom is -0.444 e. The molecule has 150 valence electrons. The maximum Gasteiger partial charge on any atom is 0.410 e. The number of carbonyl (C=O) groups is 1. The maximum absolute atomic E-state index is 14.4. The largest absolute Gasteiger partial charge is 0.444 e. The molecule has 9 heteroatoms. The van der Waals surface area contributed by atoms with E-state index in [0.717, 1.165) is 6.07 Å². The highest BCUT2D eigenvalue weighted by atomic mass is 19.1. The van der Waals surface area contributed by atoms with E-state index in [-0.39, 0.29) is 30.3 Å². The molecule has 1 saturated heterocycles. The van der Waals surface area contributed by atoms with Crippen molar-refractivity contribution in [2.45, 2.75) is 32.5 Å². The first-order valence-electron chi connectivity index (χ1n) is 8.77. The van der Waals surface area contributed by atoms with Crippen LogP contribution in [-0.4, -0.2) is 46.5 Å². The monoisotopic (exact) mass is 393 g/mol. The average molecular weight is 393 g/mol. The summed E-state index contributed by atoms with van der Waals surface area (Å²) in [6, 6.07) is 5.00. The van der Waals surface area contributed by atoms with Gasteiger partial charge in [0, 0.05) is 30.4 Å². The van der Waals surface area contributed by atoms with Crippen LogP contribution in [0.15, 0.2) is 30.5 Å². The topological polar surface area (TPSA) is 73.8 Å². The van der Waals surface area contributed by atoms with Gasteiger partial charge in [-0.05, 0) is 32.9 Å². The van der Waals surface area contributed by atoms with Crippen molar-refractivity contribution in [1.29, 1.82) is 0 Å². The van der Waals surface area contributed by atoms with Crippen LogP contribution < -0.4 is 4.74 Å². The van der Waals surface area contributed by atoms with Gasteiger partial charge in [0.15, 0.2) is 11.6 Å². The van der Waals surface area contributed by atoms with Crippen LogP contribution in [0.25, 0.3) is 0 Å². The molecule has 1 aliphatic heterocycles. The number of ether oxygens (including phenoxy) is 3. The molecule has 1 fully saturated rings. The Morgan fingerprint density at radius 3 is 2.75 bits per heavy atom. The van der Waals surface area contributed by atoms with Gasteiger partial charge in [-0.25, -0.2) is 13.6 Å². The SMILES string of the molecule is CC(C)(C)OC(=O)N1CCO[C@@H](c2cc(Oc3cccnn3)c(F)cc2F)C1. The summed E-state index contributed by atoms with van der Waals surface area (Å²) in [5.41, 5.74) is -0.572. The molecule has 0 aliphatic carbocycles. The lowest BCUT2D eigenvalue weighted by Gasteiger charge is -2.34. The highest BCUT2D eigenvalue weighted by molar-refractivity contribution is 5.68. The standard InChI is InChI=1S/C19H21F2N3O4/c1-19(2,3)28-18(25)24-7-8-26-16(11-24)12-9-15(14(21)10-13(12)20)27-17-5-4-6-22-23-17/h4-6,9-10,16H,7-8,11H2,1-3H3/t16-/m1/s1. The van der Waals surface area contributed by atoms with Crippen molar-refractivity contribution in [2.24, 2.45) is 0 Å². The van der Waals surface area contributed by atoms with Crippen LogP contribution in [0.3, 0.4) is 0 Å². The van der Waals surface area contributed by atoms with Crippen LogP contribution in [0.2, 0.25) is 0 Å². The highest BCUT2D eigenvalue weighted by Gasteiger charge is 2.31. The van der Waals surface area contributed by atoms with Crippen LogP contribution in [0.4, 0.5) is 13.6 Å². The van der Waals surface area contributed by atoms with Crippen LogP contribution in [0, 0.1) is 11.6 Å². The third kappa shape index (κ3) is 4.92. The number of halogens is 2. The van der Waals surface area contributed by atoms with Gasteiger partial charge in [0.2, 0.25) is 5.88 Å². The first-order chi connectivity index (χ1) is 13.2. The van der Waals surface area contributed by atoms with Gasteiger partial charge in [0.25, 0.3) is 0 Å². The summed E-state index contributed by atoms with van der Waals surface area (Å²) in [7, 11) is 0. The molecule has 2 heterocycles. The van der Waals surface area contributed by atoms with Gasteiger partial charge in [0.05, 0.1) is 13.2 Å². The summed E-state index contributed by atoms with van der Waals surface area (Å²) in [5.74, 6) is -1.82. The summed E-state index contributed by atoms with van der Waals surface area (Å²) < 4.78 is 44.9. The van der Waals surface area contributed by atoms with E-state index < -0.39 is 29.4 Å². The molecule has 0 unspecified atom stereocenters. The normalized spacial score (nSPS) is 17.3. The second-order valence-corrected chi connectivity index (χ2v) is 7.25. The van der Waals surface area contributed by atoms with Gasteiger partial charge in [-0.2, -0.15) is 5.10 Å². The molecule has 3 rings (SSSR count). The molecule has 0 saturated carbocycles. The van der Waals surface area contributed by atoms with Gasteiger partial charge in [-0.15, -0.1) is 5.10 Å². The Hall–Kier alpha value is -2.81. The van der Waals surface area contributed by atoms with Crippen molar-refractivity contribution in [1.82, 2.24) is 15.1 Å². The van der Waals surface area contributed by atoms with Crippen molar-refractivity contribution in [2.75, 3.05) is 19.7 Å². The lowest BCUT2D eigenvalue weighted by molar-refractivity contribution is -0.0444. The number of rotatable bonds is 3. The number of carbonyl (C=O) groups excluding carboxylic acids is 1. The Bertz CT molecular complexity index is 843. The Morgan fingerprint density at radius 2 is 2.07 bits per heavy atom. The molecule has 1 aliphatic rings. The van der Waals surface area contributed by atoms with Gasteiger partial charge in [-0.1, -0.05) is 0 Å². The molecule has 1 amide bonds. The summed E-state index contributed by atoms with van der Waals surface area (Å²) >= 11 is 0. The van der Waals surface area contributed by atoms with Crippen molar-refractivity contribution in [3.8, 4) is 11.6 Å². The summed E-state index contributed by atoms with van der Waals surface area (Å²) in [6.07, 6.45) is 0.144. The minimum absolute atomic E-state index is 0.0684. The Kier molecular flexibility index (Phi) is 5.73. The van der Waals surface area contributed by atoms with Crippen LogP contribution in [-0.2, 0) is 9.47 Å². The molecule has 0 spiro atoms. The zero-order valence-corrected chi connectivity index (χ0v) is 15.8. The smallest absolute Gasteiger partial charge is 0.410 e. The van der Waals surface area contributed by atoms with Crippen molar-refractivity contribution >= 4 is 6.09 Å². The molecule has 1 aromatic carbocycles. The zero-order valence-electron chi connectivity index (χ0n) is 15.8. The summed E-state index contributed by atoms with van der Waals surface area (Å²) in [5, 5.41) is 7.36. The molecular weight excluding hydrogens is 372 g/mol. The van der Waals surface area contributed by atoms with E-state index in [4.69, 9.17) is 14.2 Å². The number of nitrogens with zero attached hydrogens (tertiary/aromatic N) is 3. The van der Waals surface area contributed by atoms with Crippen LogP contribution >= 0.6 is 0 Å². The van der Waals surface area contributed by atoms with E-state index in [2.05, 4.69) is 10.2 Å². The first kappa shape index (κ1) is 19.9. The molecular formula is C19H21F2N3O4. The molecule has 7 nitrogen and oxygen atoms in total. The fourth-order valence-corrected chi connectivity index (χ4v) is 2.65. The third-order valence-corrected chi connectivity index (χ3v) is 3.88. The lowest BCUT2D eigenvalue weighted by atomic mass is 10.1. The van der Waals surface area contributed by atoms with Gasteiger partial charge < -0.3 is 19.1 Å². The van der Waals surface area contributed by atoms with E-state index in [0.29, 0.717) is 6.54 Å². The molecule has 0 bridgehead atoms. The summed E-state index contributed by atoms with van der Waals surface area (Å²) in [6.45, 7) is 5.87. The Balaban J connectivity index is 1.80. The molecule has 1 aromatic heterocycles. The second-order valence-electron chi connectivity index (χ2n) is 7.25. The van der Waals surface area contributed by atoms with Gasteiger partial charge >= 0.3 is 6.09 Å². The molecule has 2 aromatic rings. The van der Waals surface area contributed by atoms with Crippen molar-refractivity contribution < 1.29 is 27.8 Å². The van der Waals surface area contributed by atoms with Crippen LogP contribution in [0.1, 0.15) is 32.4 Å². The first-order valence-corrected chi connectivity index (χ1v) is 8.77. The number of aromatic nitrogens is 2. The Morgan fingerprint density at radius 1 is 1.29 bits per heavy atom. The quantitative estimate of drug-likeness (QED) is 0.789. The Labute approximate surface area is 161 Å². The van der Waals surface area contributed by atoms with Crippen molar-refractivity contribution in [3.05, 3.63) is 47.7 Å². The highest BCUT2D eigenvalue weighted by Crippen LogP contribution is 2.32. The van der Waals surface area contributed by atoms with Gasteiger partial charge in [-0.3, -0.25) is 0 Å². The molecule has 0 radical (unpaired) electrons. The lowest BCUT2D eigenvalue weighted by Crippen LogP contribution is -2.44. The fraction of sp³-hybridized carbons (Fsp3) is 0.421. The zero-order chi connectivity index (χ0) is 20.3. The van der Waals surface area contributed by atoms with E-state index in [1.807, 2.05) is 0 Å². The van der Waals surface area contributed by atoms with E-state index in [1.54, 1.807) is 26.8 Å². The average Bonchev–Trinajstić information content (AvgIpc) is 2.63. The fourth-order valence-electron chi connectivity index (χ4n) is 2.65. The number of hydrogen-bond donors (Lipinski definition) is 0. The summed E-state index contributed by atoms with van der Waals surface area (Å²) in [4.78, 5) is 13.7. The maximum atomic E-state index is 14.4. The molecule has 1 atom stereocenters. The van der Waals surface area contributed by atoms with Gasteiger partial charge in [0.1, 0.15) is 17.5 Å². The van der Waals surface area contributed by atoms with Crippen molar-refractivity contribution in [3.63, 3.8) is 0 Å². The number of benzene rings is 1. The van der Waals surface area contributed by atoms with E-state index in [9.17, 15) is 13.6 Å². The molecule has 28 heavy (non-hydrogen) atoms.